The summed E-state index contributed by atoms with van der Waals surface area (Å²) in [7, 11) is 0. The van der Waals surface area contributed by atoms with E-state index in [-0.39, 0.29) is 17.1 Å². The number of benzene rings is 2. The van der Waals surface area contributed by atoms with Crippen molar-refractivity contribution < 1.29 is 13.6 Å². The van der Waals surface area contributed by atoms with Crippen LogP contribution in [0.2, 0.25) is 5.02 Å². The molecule has 2 aromatic rings. The summed E-state index contributed by atoms with van der Waals surface area (Å²) in [5, 5.41) is 3.40. The number of hydrogen-bond donors (Lipinski definition) is 1. The maximum atomic E-state index is 13.4. The molecule has 7 heteroatoms. The number of nitrogens with zero attached hydrogens (tertiary/aromatic N) is 2. The van der Waals surface area contributed by atoms with Gasteiger partial charge < -0.3 is 10.2 Å². The minimum atomic E-state index is -0.973. The predicted octanol–water partition coefficient (Wildman–Crippen LogP) is 5.70. The fourth-order valence-corrected chi connectivity index (χ4v) is 4.94. The molecule has 2 aliphatic heterocycles. The monoisotopic (exact) mass is 433 g/mol. The van der Waals surface area contributed by atoms with Gasteiger partial charge in [0.25, 0.3) is 0 Å². The molecule has 2 fully saturated rings. The lowest BCUT2D eigenvalue weighted by Gasteiger charge is -2.62. The first-order chi connectivity index (χ1) is 14.3. The zero-order valence-electron chi connectivity index (χ0n) is 17.2. The van der Waals surface area contributed by atoms with Crippen LogP contribution in [-0.4, -0.2) is 41.5 Å². The van der Waals surface area contributed by atoms with Crippen molar-refractivity contribution in [3.63, 3.8) is 0 Å². The molecule has 30 heavy (non-hydrogen) atoms. The van der Waals surface area contributed by atoms with E-state index in [2.05, 4.69) is 36.2 Å². The second-order valence-corrected chi connectivity index (χ2v) is 9.07. The minimum Gasteiger partial charge on any atom is -0.324 e. The van der Waals surface area contributed by atoms with E-state index in [0.717, 1.165) is 36.5 Å². The Morgan fingerprint density at radius 3 is 2.37 bits per heavy atom. The number of rotatable bonds is 3. The first kappa shape index (κ1) is 21.1. The van der Waals surface area contributed by atoms with Crippen LogP contribution in [0.5, 0.6) is 0 Å². The first-order valence-electron chi connectivity index (χ1n) is 10.3. The van der Waals surface area contributed by atoms with Crippen molar-refractivity contribution in [1.29, 1.82) is 0 Å². The molecule has 0 bridgehead atoms. The first-order valence-corrected chi connectivity index (χ1v) is 10.7. The molecule has 0 aromatic heterocycles. The van der Waals surface area contributed by atoms with Gasteiger partial charge in [-0.3, -0.25) is 4.90 Å². The third-order valence-corrected chi connectivity index (χ3v) is 6.73. The molecule has 0 aliphatic carbocycles. The Morgan fingerprint density at radius 1 is 1.10 bits per heavy atom. The van der Waals surface area contributed by atoms with Crippen molar-refractivity contribution in [3.8, 4) is 0 Å². The highest BCUT2D eigenvalue weighted by Gasteiger charge is 2.54. The van der Waals surface area contributed by atoms with Gasteiger partial charge in [0.1, 0.15) is 0 Å². The van der Waals surface area contributed by atoms with Gasteiger partial charge in [-0.15, -0.1) is 0 Å². The summed E-state index contributed by atoms with van der Waals surface area (Å²) >= 11 is 6.08. The van der Waals surface area contributed by atoms with Gasteiger partial charge in [0.15, 0.2) is 11.6 Å². The lowest BCUT2D eigenvalue weighted by atomic mass is 9.62. The number of hydrogen-bond acceptors (Lipinski definition) is 2. The largest absolute Gasteiger partial charge is 0.324 e. The molecule has 4 rings (SSSR count). The molecule has 2 aliphatic rings. The van der Waals surface area contributed by atoms with Crippen molar-refractivity contribution in [2.45, 2.75) is 38.8 Å². The molecule has 1 atom stereocenters. The van der Waals surface area contributed by atoms with E-state index in [9.17, 15) is 13.6 Å². The highest BCUT2D eigenvalue weighted by atomic mass is 35.5. The summed E-state index contributed by atoms with van der Waals surface area (Å²) < 4.78 is 26.5. The molecular weight excluding hydrogens is 408 g/mol. The SMILES string of the molecule is CC(C)N1CC2(CCN(C(=O)Nc3ccc(F)c(F)c3)CC2)C1c1ccc(Cl)cc1. The minimum absolute atomic E-state index is 0.136. The van der Waals surface area contributed by atoms with Crippen LogP contribution >= 0.6 is 11.6 Å². The number of nitrogens with one attached hydrogen (secondary N) is 1. The van der Waals surface area contributed by atoms with Crippen molar-refractivity contribution in [2.75, 3.05) is 25.0 Å². The van der Waals surface area contributed by atoms with Gasteiger partial charge in [-0.2, -0.15) is 0 Å². The summed E-state index contributed by atoms with van der Waals surface area (Å²) in [4.78, 5) is 16.9. The molecule has 4 nitrogen and oxygen atoms in total. The molecule has 2 amide bonds. The summed E-state index contributed by atoms with van der Waals surface area (Å²) in [5.74, 6) is -1.90. The van der Waals surface area contributed by atoms with Gasteiger partial charge in [0.2, 0.25) is 0 Å². The van der Waals surface area contributed by atoms with E-state index >= 15 is 0 Å². The van der Waals surface area contributed by atoms with E-state index in [1.165, 1.54) is 11.6 Å². The Kier molecular flexibility index (Phi) is 5.73. The van der Waals surface area contributed by atoms with Gasteiger partial charge in [0, 0.05) is 53.9 Å². The maximum absolute atomic E-state index is 13.4. The molecule has 2 aromatic carbocycles. The van der Waals surface area contributed by atoms with E-state index in [1.807, 2.05) is 12.1 Å². The highest BCUT2D eigenvalue weighted by molar-refractivity contribution is 6.30. The third kappa shape index (κ3) is 3.91. The number of urea groups is 1. The van der Waals surface area contributed by atoms with Gasteiger partial charge in [-0.05, 0) is 56.5 Å². The van der Waals surface area contributed by atoms with Crippen LogP contribution in [-0.2, 0) is 0 Å². The highest BCUT2D eigenvalue weighted by Crippen LogP contribution is 2.55. The van der Waals surface area contributed by atoms with Gasteiger partial charge in [-0.25, -0.2) is 13.6 Å². The lowest BCUT2D eigenvalue weighted by Crippen LogP contribution is -2.64. The quantitative estimate of drug-likeness (QED) is 0.674. The molecule has 0 radical (unpaired) electrons. The molecule has 1 spiro atoms. The summed E-state index contributed by atoms with van der Waals surface area (Å²) in [6.45, 7) is 6.69. The summed E-state index contributed by atoms with van der Waals surface area (Å²) in [6, 6.07) is 11.9. The number of amides is 2. The summed E-state index contributed by atoms with van der Waals surface area (Å²) in [6.07, 6.45) is 1.80. The van der Waals surface area contributed by atoms with E-state index in [4.69, 9.17) is 11.6 Å². The number of anilines is 1. The number of halogens is 3. The standard InChI is InChI=1S/C23H26ClF2N3O/c1-15(2)29-14-23(21(29)16-3-5-17(24)6-4-16)9-11-28(12-10-23)22(30)27-18-7-8-19(25)20(26)13-18/h3-8,13,15,21H,9-12,14H2,1-2H3,(H,27,30). The normalized spacial score (nSPS) is 21.0. The molecule has 160 valence electrons. The van der Waals surface area contributed by atoms with Crippen LogP contribution in [0.1, 0.15) is 38.3 Å². The van der Waals surface area contributed by atoms with Crippen LogP contribution in [0.4, 0.5) is 19.3 Å². The molecule has 1 unspecified atom stereocenters. The zero-order chi connectivity index (χ0) is 21.5. The zero-order valence-corrected chi connectivity index (χ0v) is 17.9. The van der Waals surface area contributed by atoms with E-state index in [0.29, 0.717) is 25.2 Å². The Balaban J connectivity index is 1.43. The number of carbonyl (C=O) groups is 1. The van der Waals surface area contributed by atoms with E-state index < -0.39 is 11.6 Å². The van der Waals surface area contributed by atoms with Crippen molar-refractivity contribution in [1.82, 2.24) is 9.80 Å². The van der Waals surface area contributed by atoms with E-state index in [1.54, 1.807) is 4.90 Å². The van der Waals surface area contributed by atoms with Crippen molar-refractivity contribution in [2.24, 2.45) is 5.41 Å². The number of likely N-dealkylation sites (tertiary alicyclic amines) is 2. The molecular formula is C23H26ClF2N3O. The number of carbonyl (C=O) groups excluding carboxylic acids is 1. The maximum Gasteiger partial charge on any atom is 0.321 e. The Morgan fingerprint density at radius 2 is 1.77 bits per heavy atom. The predicted molar refractivity (Wildman–Crippen MR) is 115 cm³/mol. The van der Waals surface area contributed by atoms with Gasteiger partial charge in [0.05, 0.1) is 0 Å². The molecule has 0 saturated carbocycles. The van der Waals surface area contributed by atoms with Gasteiger partial charge >= 0.3 is 6.03 Å². The molecule has 1 N–H and O–H groups in total. The smallest absolute Gasteiger partial charge is 0.321 e. The van der Waals surface area contributed by atoms with Crippen LogP contribution in [0, 0.1) is 17.0 Å². The van der Waals surface area contributed by atoms with Crippen molar-refractivity contribution >= 4 is 23.3 Å². The second kappa shape index (κ2) is 8.16. The van der Waals surface area contributed by atoms with Crippen LogP contribution < -0.4 is 5.32 Å². The third-order valence-electron chi connectivity index (χ3n) is 6.48. The lowest BCUT2D eigenvalue weighted by molar-refractivity contribution is -0.123. The Labute approximate surface area is 180 Å². The average molecular weight is 434 g/mol. The topological polar surface area (TPSA) is 35.6 Å². The Hall–Kier alpha value is -2.18. The van der Waals surface area contributed by atoms with Crippen LogP contribution in [0.15, 0.2) is 42.5 Å². The Bertz CT molecular complexity index is 927. The van der Waals surface area contributed by atoms with Crippen LogP contribution in [0.25, 0.3) is 0 Å². The number of piperidine rings is 1. The van der Waals surface area contributed by atoms with Crippen molar-refractivity contribution in [3.05, 3.63) is 64.7 Å². The van der Waals surface area contributed by atoms with Crippen LogP contribution in [0.3, 0.4) is 0 Å². The fraction of sp³-hybridized carbons (Fsp3) is 0.435. The molecule has 2 saturated heterocycles. The average Bonchev–Trinajstić information content (AvgIpc) is 2.71. The second-order valence-electron chi connectivity index (χ2n) is 8.63. The fourth-order valence-electron chi connectivity index (χ4n) is 4.81. The molecule has 2 heterocycles. The summed E-state index contributed by atoms with van der Waals surface area (Å²) in [5.41, 5.74) is 1.66. The van der Waals surface area contributed by atoms with Gasteiger partial charge in [-0.1, -0.05) is 23.7 Å².